The summed E-state index contributed by atoms with van der Waals surface area (Å²) in [5.74, 6) is 0.153. The summed E-state index contributed by atoms with van der Waals surface area (Å²) >= 11 is 2.25. The van der Waals surface area contributed by atoms with Crippen LogP contribution in [0.4, 0.5) is 0 Å². The summed E-state index contributed by atoms with van der Waals surface area (Å²) in [6.45, 7) is 3.64. The van der Waals surface area contributed by atoms with Gasteiger partial charge >= 0.3 is 0 Å². The van der Waals surface area contributed by atoms with E-state index in [0.717, 1.165) is 5.56 Å². The van der Waals surface area contributed by atoms with Crippen LogP contribution in [0, 0.1) is 0 Å². The molecule has 0 saturated carbocycles. The first kappa shape index (κ1) is 11.7. The summed E-state index contributed by atoms with van der Waals surface area (Å²) in [6, 6.07) is 9.61. The maximum absolute atomic E-state index is 11.4. The lowest BCUT2D eigenvalue weighted by atomic mass is 10.0. The van der Waals surface area contributed by atoms with Crippen LogP contribution >= 0.6 is 22.6 Å². The van der Waals surface area contributed by atoms with E-state index in [4.69, 9.17) is 0 Å². The molecule has 1 aromatic rings. The van der Waals surface area contributed by atoms with Gasteiger partial charge in [-0.2, -0.15) is 0 Å². The second kappa shape index (κ2) is 5.46. The fraction of sp³-hybridized carbons (Fsp3) is 0.364. The third-order valence-corrected chi connectivity index (χ3v) is 2.30. The molecule has 0 spiro atoms. The Hall–Kier alpha value is -0.420. The van der Waals surface area contributed by atoms with Crippen LogP contribution in [0.2, 0.25) is 0 Å². The van der Waals surface area contributed by atoms with Crippen LogP contribution in [0.15, 0.2) is 30.3 Å². The van der Waals surface area contributed by atoms with E-state index in [2.05, 4.69) is 27.9 Å². The monoisotopic (exact) mass is 303 g/mol. The molecular formula is C11H14INO. The minimum Gasteiger partial charge on any atom is -0.298 e. The standard InChI is InChI=1S/C11H14INO/c1-8(14)11(13-9(2)12)10-6-4-3-5-7-10/h3-7,9,11,13H,1-2H3. The number of nitrogens with one attached hydrogen (secondary N) is 1. The van der Waals surface area contributed by atoms with Gasteiger partial charge in [0.25, 0.3) is 0 Å². The van der Waals surface area contributed by atoms with E-state index in [1.165, 1.54) is 0 Å². The van der Waals surface area contributed by atoms with Crippen LogP contribution < -0.4 is 5.32 Å². The summed E-state index contributed by atoms with van der Waals surface area (Å²) in [6.07, 6.45) is 0. The molecule has 0 saturated heterocycles. The summed E-state index contributed by atoms with van der Waals surface area (Å²) in [7, 11) is 0. The first-order chi connectivity index (χ1) is 6.61. The molecule has 3 heteroatoms. The summed E-state index contributed by atoms with van der Waals surface area (Å²) in [4.78, 5) is 11.4. The van der Waals surface area contributed by atoms with Crippen LogP contribution in [-0.4, -0.2) is 9.83 Å². The van der Waals surface area contributed by atoms with Crippen molar-refractivity contribution in [1.82, 2.24) is 5.32 Å². The highest BCUT2D eigenvalue weighted by atomic mass is 127. The van der Waals surface area contributed by atoms with E-state index in [9.17, 15) is 4.79 Å². The van der Waals surface area contributed by atoms with Crippen molar-refractivity contribution in [3.8, 4) is 0 Å². The molecule has 0 radical (unpaired) electrons. The second-order valence-corrected chi connectivity index (χ2v) is 5.11. The molecule has 0 aliphatic rings. The minimum absolute atomic E-state index is 0.153. The van der Waals surface area contributed by atoms with Gasteiger partial charge in [0.15, 0.2) is 5.78 Å². The van der Waals surface area contributed by atoms with Crippen molar-refractivity contribution in [2.24, 2.45) is 0 Å². The first-order valence-corrected chi connectivity index (χ1v) is 5.81. The predicted octanol–water partition coefficient (Wildman–Crippen LogP) is 2.69. The van der Waals surface area contributed by atoms with Gasteiger partial charge in [-0.1, -0.05) is 52.9 Å². The minimum atomic E-state index is -0.178. The van der Waals surface area contributed by atoms with Crippen molar-refractivity contribution < 1.29 is 4.79 Å². The Kier molecular flexibility index (Phi) is 4.54. The molecule has 2 unspecified atom stereocenters. The molecule has 1 rings (SSSR count). The zero-order valence-electron chi connectivity index (χ0n) is 8.33. The van der Waals surface area contributed by atoms with E-state index >= 15 is 0 Å². The van der Waals surface area contributed by atoms with Crippen molar-refractivity contribution in [3.63, 3.8) is 0 Å². The molecule has 0 aliphatic carbocycles. The number of ketones is 1. The Morgan fingerprint density at radius 1 is 1.36 bits per heavy atom. The van der Waals surface area contributed by atoms with Crippen molar-refractivity contribution in [1.29, 1.82) is 0 Å². The third kappa shape index (κ3) is 3.38. The van der Waals surface area contributed by atoms with Gasteiger partial charge in [0.2, 0.25) is 0 Å². The maximum Gasteiger partial charge on any atom is 0.151 e. The van der Waals surface area contributed by atoms with Crippen LogP contribution in [0.25, 0.3) is 0 Å². The highest BCUT2D eigenvalue weighted by molar-refractivity contribution is 14.1. The van der Waals surface area contributed by atoms with Gasteiger partial charge in [-0.05, 0) is 19.4 Å². The fourth-order valence-corrected chi connectivity index (χ4v) is 1.68. The number of hydrogen-bond donors (Lipinski definition) is 1. The van der Waals surface area contributed by atoms with Crippen molar-refractivity contribution in [2.45, 2.75) is 23.9 Å². The number of alkyl halides is 1. The van der Waals surface area contributed by atoms with E-state index in [1.54, 1.807) is 6.92 Å². The average molecular weight is 303 g/mol. The second-order valence-electron chi connectivity index (χ2n) is 3.24. The van der Waals surface area contributed by atoms with Crippen molar-refractivity contribution in [3.05, 3.63) is 35.9 Å². The summed E-state index contributed by atoms with van der Waals surface area (Å²) in [5, 5.41) is 3.23. The van der Waals surface area contributed by atoms with Gasteiger partial charge in [0.05, 0.1) is 10.1 Å². The Bertz CT molecular complexity index is 297. The Morgan fingerprint density at radius 2 is 1.93 bits per heavy atom. The quantitative estimate of drug-likeness (QED) is 0.526. The Balaban J connectivity index is 2.84. The van der Waals surface area contributed by atoms with Gasteiger partial charge in [0.1, 0.15) is 0 Å². The molecule has 1 aromatic carbocycles. The molecule has 0 aromatic heterocycles. The van der Waals surface area contributed by atoms with Crippen LogP contribution in [-0.2, 0) is 4.79 Å². The van der Waals surface area contributed by atoms with Crippen LogP contribution in [0.3, 0.4) is 0 Å². The van der Waals surface area contributed by atoms with E-state index < -0.39 is 0 Å². The number of hydrogen-bond acceptors (Lipinski definition) is 2. The smallest absolute Gasteiger partial charge is 0.151 e. The zero-order valence-corrected chi connectivity index (χ0v) is 10.5. The van der Waals surface area contributed by atoms with E-state index in [0.29, 0.717) is 0 Å². The molecule has 1 N–H and O–H groups in total. The van der Waals surface area contributed by atoms with Gasteiger partial charge in [-0.15, -0.1) is 0 Å². The lowest BCUT2D eigenvalue weighted by Gasteiger charge is -2.17. The number of Topliss-reactive ketones (excluding diaryl/α,β-unsaturated/α-hetero) is 1. The van der Waals surface area contributed by atoms with Crippen LogP contribution in [0.1, 0.15) is 25.5 Å². The van der Waals surface area contributed by atoms with Gasteiger partial charge in [0, 0.05) is 0 Å². The highest BCUT2D eigenvalue weighted by Gasteiger charge is 2.16. The maximum atomic E-state index is 11.4. The Labute approximate surface area is 98.2 Å². The molecular weight excluding hydrogens is 289 g/mol. The van der Waals surface area contributed by atoms with E-state index in [1.807, 2.05) is 37.3 Å². The zero-order chi connectivity index (χ0) is 10.6. The number of carbonyl (C=O) groups excluding carboxylic acids is 1. The molecule has 2 atom stereocenters. The first-order valence-electron chi connectivity index (χ1n) is 4.57. The fourth-order valence-electron chi connectivity index (χ4n) is 1.32. The van der Waals surface area contributed by atoms with Crippen LogP contribution in [0.5, 0.6) is 0 Å². The molecule has 0 amide bonds. The number of halogens is 1. The SMILES string of the molecule is CC(=O)C(NC(C)I)c1ccccc1. The summed E-state index contributed by atoms with van der Waals surface area (Å²) < 4.78 is 0.279. The third-order valence-electron chi connectivity index (χ3n) is 1.94. The number of benzene rings is 1. The molecule has 0 aliphatic heterocycles. The van der Waals surface area contributed by atoms with Crippen molar-refractivity contribution >= 4 is 28.4 Å². The predicted molar refractivity (Wildman–Crippen MR) is 66.5 cm³/mol. The molecule has 2 nitrogen and oxygen atoms in total. The molecule has 14 heavy (non-hydrogen) atoms. The lowest BCUT2D eigenvalue weighted by Crippen LogP contribution is -2.30. The Morgan fingerprint density at radius 3 is 2.36 bits per heavy atom. The van der Waals surface area contributed by atoms with Gasteiger partial charge in [-0.3, -0.25) is 10.1 Å². The number of carbonyl (C=O) groups is 1. The van der Waals surface area contributed by atoms with Crippen molar-refractivity contribution in [2.75, 3.05) is 0 Å². The molecule has 76 valence electrons. The summed E-state index contributed by atoms with van der Waals surface area (Å²) in [5.41, 5.74) is 1.03. The van der Waals surface area contributed by atoms with E-state index in [-0.39, 0.29) is 15.9 Å². The molecule has 0 heterocycles. The number of rotatable bonds is 4. The lowest BCUT2D eigenvalue weighted by molar-refractivity contribution is -0.119. The average Bonchev–Trinajstić information content (AvgIpc) is 2.15. The molecule has 0 fully saturated rings. The topological polar surface area (TPSA) is 29.1 Å². The van der Waals surface area contributed by atoms with Gasteiger partial charge in [-0.25, -0.2) is 0 Å². The van der Waals surface area contributed by atoms with Gasteiger partial charge < -0.3 is 0 Å². The molecule has 0 bridgehead atoms. The largest absolute Gasteiger partial charge is 0.298 e. The highest BCUT2D eigenvalue weighted by Crippen LogP contribution is 2.15. The normalized spacial score (nSPS) is 14.8.